The van der Waals surface area contributed by atoms with E-state index in [0.29, 0.717) is 11.4 Å². The van der Waals surface area contributed by atoms with E-state index in [9.17, 15) is 4.79 Å². The molecule has 0 aliphatic heterocycles. The molecule has 0 radical (unpaired) electrons. The fourth-order valence-electron chi connectivity index (χ4n) is 0.880. The number of methoxy groups -OCH3 is 1. The molecule has 0 unspecified atom stereocenters. The summed E-state index contributed by atoms with van der Waals surface area (Å²) in [6.07, 6.45) is 2.61. The number of nitrogens with one attached hydrogen (secondary N) is 1. The summed E-state index contributed by atoms with van der Waals surface area (Å²) < 4.78 is 4.94. The highest BCUT2D eigenvalue weighted by molar-refractivity contribution is 5.98. The van der Waals surface area contributed by atoms with Crippen LogP contribution in [-0.4, -0.2) is 18.0 Å². The lowest BCUT2D eigenvalue weighted by Crippen LogP contribution is -2.08. The molecule has 0 spiro atoms. The second kappa shape index (κ2) is 4.27. The number of carbonyl (C=O) groups excluding carboxylic acids is 1. The zero-order chi connectivity index (χ0) is 10.6. The number of nitrogens with zero attached hydrogens (tertiary/aromatic N) is 1. The minimum Gasteiger partial charge on any atom is -0.493 e. The van der Waals surface area contributed by atoms with Crippen LogP contribution in [-0.2, 0) is 4.79 Å². The number of carbonyl (C=O) groups is 1. The molecule has 74 valence electrons. The van der Waals surface area contributed by atoms with E-state index in [1.165, 1.54) is 19.4 Å². The molecule has 0 aliphatic rings. The molecule has 1 aromatic heterocycles. The van der Waals surface area contributed by atoms with Gasteiger partial charge in [-0.05, 0) is 6.08 Å². The smallest absolute Gasteiger partial charge is 0.247 e. The number of aromatic nitrogens is 1. The first kappa shape index (κ1) is 10.0. The van der Waals surface area contributed by atoms with Crippen molar-refractivity contribution in [2.45, 2.75) is 0 Å². The zero-order valence-electron chi connectivity index (χ0n) is 7.78. The number of hydrogen-bond acceptors (Lipinski definition) is 4. The summed E-state index contributed by atoms with van der Waals surface area (Å²) in [5, 5.41) is 2.54. The van der Waals surface area contributed by atoms with Crippen LogP contribution in [0.5, 0.6) is 5.75 Å². The van der Waals surface area contributed by atoms with Crippen molar-refractivity contribution in [3.63, 3.8) is 0 Å². The van der Waals surface area contributed by atoms with Crippen molar-refractivity contribution in [2.24, 2.45) is 0 Å². The Hall–Kier alpha value is -2.04. The Labute approximate surface area is 81.6 Å². The fourth-order valence-corrected chi connectivity index (χ4v) is 0.880. The molecule has 14 heavy (non-hydrogen) atoms. The molecule has 1 rings (SSSR count). The summed E-state index contributed by atoms with van der Waals surface area (Å²) in [4.78, 5) is 14.8. The Bertz CT molecular complexity index is 363. The Morgan fingerprint density at radius 3 is 3.07 bits per heavy atom. The quantitative estimate of drug-likeness (QED) is 0.696. The van der Waals surface area contributed by atoms with Gasteiger partial charge in [-0.2, -0.15) is 0 Å². The van der Waals surface area contributed by atoms with Gasteiger partial charge in [0, 0.05) is 6.07 Å². The molecule has 0 aliphatic carbocycles. The van der Waals surface area contributed by atoms with Gasteiger partial charge in [-0.3, -0.25) is 4.79 Å². The van der Waals surface area contributed by atoms with Gasteiger partial charge in [0.15, 0.2) is 11.6 Å². The van der Waals surface area contributed by atoms with Gasteiger partial charge in [-0.15, -0.1) is 0 Å². The van der Waals surface area contributed by atoms with Crippen LogP contribution in [0.1, 0.15) is 0 Å². The predicted molar refractivity (Wildman–Crippen MR) is 54.0 cm³/mol. The number of nitrogens with two attached hydrogens (primary N) is 1. The van der Waals surface area contributed by atoms with E-state index in [1.54, 1.807) is 6.07 Å². The number of nitrogen functional groups attached to an aromatic ring is 1. The molecule has 0 saturated heterocycles. The average Bonchev–Trinajstić information content (AvgIpc) is 2.20. The summed E-state index contributed by atoms with van der Waals surface area (Å²) in [5.41, 5.74) is 6.01. The lowest BCUT2D eigenvalue weighted by molar-refractivity contribution is -0.111. The second-order valence-electron chi connectivity index (χ2n) is 2.50. The minimum atomic E-state index is -0.307. The number of hydrogen-bond donors (Lipinski definition) is 2. The molecule has 5 nitrogen and oxygen atoms in total. The summed E-state index contributed by atoms with van der Waals surface area (Å²) in [5.74, 6) is 0.398. The first-order chi connectivity index (χ1) is 6.67. The van der Waals surface area contributed by atoms with Gasteiger partial charge in [0.2, 0.25) is 5.91 Å². The number of amides is 1. The summed E-state index contributed by atoms with van der Waals surface area (Å²) in [7, 11) is 1.48. The number of ether oxygens (including phenoxy) is 1. The largest absolute Gasteiger partial charge is 0.493 e. The minimum absolute atomic E-state index is 0.282. The van der Waals surface area contributed by atoms with Gasteiger partial charge in [-0.25, -0.2) is 4.98 Å². The lowest BCUT2D eigenvalue weighted by Gasteiger charge is -2.06. The maximum Gasteiger partial charge on any atom is 0.247 e. The molecule has 5 heteroatoms. The van der Waals surface area contributed by atoms with Crippen LogP contribution < -0.4 is 15.8 Å². The molecule has 0 fully saturated rings. The summed E-state index contributed by atoms with van der Waals surface area (Å²) in [6, 6.07) is 1.59. The van der Waals surface area contributed by atoms with Gasteiger partial charge in [0.25, 0.3) is 0 Å². The van der Waals surface area contributed by atoms with E-state index in [2.05, 4.69) is 16.9 Å². The van der Waals surface area contributed by atoms with Crippen molar-refractivity contribution in [3.8, 4) is 5.75 Å². The van der Waals surface area contributed by atoms with Crippen molar-refractivity contribution in [1.82, 2.24) is 4.98 Å². The Kier molecular flexibility index (Phi) is 3.06. The highest BCUT2D eigenvalue weighted by Gasteiger charge is 2.03. The highest BCUT2D eigenvalue weighted by Crippen LogP contribution is 2.21. The van der Waals surface area contributed by atoms with Gasteiger partial charge >= 0.3 is 0 Å². The third kappa shape index (κ3) is 2.22. The van der Waals surface area contributed by atoms with E-state index in [-0.39, 0.29) is 11.7 Å². The van der Waals surface area contributed by atoms with E-state index in [4.69, 9.17) is 10.5 Å². The molecule has 0 saturated carbocycles. The zero-order valence-corrected chi connectivity index (χ0v) is 7.78. The molecule has 0 atom stereocenters. The normalized spacial score (nSPS) is 9.21. The van der Waals surface area contributed by atoms with Crippen molar-refractivity contribution >= 4 is 17.4 Å². The van der Waals surface area contributed by atoms with E-state index < -0.39 is 0 Å². The molecule has 0 bridgehead atoms. The van der Waals surface area contributed by atoms with Crippen LogP contribution in [0.25, 0.3) is 0 Å². The molecular formula is C9H11N3O2. The van der Waals surface area contributed by atoms with Gasteiger partial charge in [0.1, 0.15) is 0 Å². The molecule has 0 aromatic carbocycles. The Morgan fingerprint density at radius 2 is 2.50 bits per heavy atom. The number of anilines is 2. The standard InChI is InChI=1S/C9H11N3O2/c1-3-8(13)12-6-4-7(14-2)9(10)11-5-6/h3-5H,1H2,2H3,(H2,10,11)(H,12,13). The molecule has 1 amide bonds. The Morgan fingerprint density at radius 1 is 1.79 bits per heavy atom. The van der Waals surface area contributed by atoms with Crippen LogP contribution in [0.2, 0.25) is 0 Å². The third-order valence-corrected chi connectivity index (χ3v) is 1.55. The van der Waals surface area contributed by atoms with Crippen LogP contribution in [0, 0.1) is 0 Å². The monoisotopic (exact) mass is 193 g/mol. The van der Waals surface area contributed by atoms with Crippen molar-refractivity contribution in [1.29, 1.82) is 0 Å². The van der Waals surface area contributed by atoms with Crippen LogP contribution >= 0.6 is 0 Å². The predicted octanol–water partition coefficient (Wildman–Crippen LogP) is 0.797. The van der Waals surface area contributed by atoms with Gasteiger partial charge in [-0.1, -0.05) is 6.58 Å². The van der Waals surface area contributed by atoms with E-state index in [0.717, 1.165) is 0 Å². The highest BCUT2D eigenvalue weighted by atomic mass is 16.5. The van der Waals surface area contributed by atoms with Crippen molar-refractivity contribution in [3.05, 3.63) is 24.9 Å². The van der Waals surface area contributed by atoms with Crippen LogP contribution in [0.3, 0.4) is 0 Å². The van der Waals surface area contributed by atoms with Gasteiger partial charge < -0.3 is 15.8 Å². The summed E-state index contributed by atoms with van der Waals surface area (Å²) >= 11 is 0. The SMILES string of the molecule is C=CC(=O)Nc1cnc(N)c(OC)c1. The molecule has 1 heterocycles. The second-order valence-corrected chi connectivity index (χ2v) is 2.50. The van der Waals surface area contributed by atoms with E-state index >= 15 is 0 Å². The first-order valence-corrected chi connectivity index (χ1v) is 3.90. The van der Waals surface area contributed by atoms with Crippen molar-refractivity contribution < 1.29 is 9.53 Å². The maximum absolute atomic E-state index is 10.9. The Balaban J connectivity index is 2.89. The molecule has 1 aromatic rings. The van der Waals surface area contributed by atoms with Crippen molar-refractivity contribution in [2.75, 3.05) is 18.2 Å². The molecular weight excluding hydrogens is 182 g/mol. The van der Waals surface area contributed by atoms with Crippen LogP contribution in [0.15, 0.2) is 24.9 Å². The van der Waals surface area contributed by atoms with E-state index in [1.807, 2.05) is 0 Å². The topological polar surface area (TPSA) is 77.2 Å². The average molecular weight is 193 g/mol. The maximum atomic E-state index is 10.9. The number of rotatable bonds is 3. The van der Waals surface area contributed by atoms with Crippen LogP contribution in [0.4, 0.5) is 11.5 Å². The summed E-state index contributed by atoms with van der Waals surface area (Å²) in [6.45, 7) is 3.33. The molecule has 3 N–H and O–H groups in total. The first-order valence-electron chi connectivity index (χ1n) is 3.90. The lowest BCUT2D eigenvalue weighted by atomic mass is 10.3. The fraction of sp³-hybridized carbons (Fsp3) is 0.111. The van der Waals surface area contributed by atoms with Gasteiger partial charge in [0.05, 0.1) is 19.0 Å². The number of pyridine rings is 1. The third-order valence-electron chi connectivity index (χ3n) is 1.55.